The van der Waals surface area contributed by atoms with Gasteiger partial charge in [0, 0.05) is 23.0 Å². The van der Waals surface area contributed by atoms with E-state index >= 15 is 0 Å². The molecule has 1 aliphatic carbocycles. The maximum absolute atomic E-state index is 13.4. The topological polar surface area (TPSA) is 41.4 Å². The SMILES string of the molecule is CCc1c(C)nc2n(c1=O)CN(C1CCCCC1C)CN2c1cccc(C)c1C. The highest BCUT2D eigenvalue weighted by molar-refractivity contribution is 5.64. The summed E-state index contributed by atoms with van der Waals surface area (Å²) in [6.45, 7) is 12.1. The second-order valence-corrected chi connectivity index (χ2v) is 8.91. The van der Waals surface area contributed by atoms with Crippen LogP contribution in [-0.2, 0) is 13.1 Å². The zero-order chi connectivity index (χ0) is 20.7. The first-order chi connectivity index (χ1) is 13.9. The Hall–Kier alpha value is -2.14. The average molecular weight is 395 g/mol. The monoisotopic (exact) mass is 394 g/mol. The summed E-state index contributed by atoms with van der Waals surface area (Å²) in [5.41, 5.74) is 5.50. The van der Waals surface area contributed by atoms with Crippen molar-refractivity contribution in [2.45, 2.75) is 79.4 Å². The van der Waals surface area contributed by atoms with E-state index in [1.165, 1.54) is 36.8 Å². The van der Waals surface area contributed by atoms with Crippen LogP contribution in [0.25, 0.3) is 0 Å². The summed E-state index contributed by atoms with van der Waals surface area (Å²) in [6, 6.07) is 6.93. The number of benzene rings is 1. The summed E-state index contributed by atoms with van der Waals surface area (Å²) in [5.74, 6) is 1.45. The van der Waals surface area contributed by atoms with E-state index in [0.29, 0.717) is 18.6 Å². The molecule has 1 aromatic carbocycles. The van der Waals surface area contributed by atoms with Crippen molar-refractivity contribution in [1.82, 2.24) is 14.5 Å². The highest BCUT2D eigenvalue weighted by Gasteiger charge is 2.34. The molecule has 156 valence electrons. The zero-order valence-corrected chi connectivity index (χ0v) is 18.5. The summed E-state index contributed by atoms with van der Waals surface area (Å²) in [6.07, 6.45) is 5.82. The average Bonchev–Trinajstić information content (AvgIpc) is 2.70. The van der Waals surface area contributed by atoms with E-state index in [2.05, 4.69) is 48.8 Å². The number of anilines is 2. The van der Waals surface area contributed by atoms with Crippen molar-refractivity contribution in [2.24, 2.45) is 5.92 Å². The van der Waals surface area contributed by atoms with Crippen LogP contribution in [0.1, 0.15) is 61.9 Å². The largest absolute Gasteiger partial charge is 0.298 e. The van der Waals surface area contributed by atoms with Crippen molar-refractivity contribution in [3.8, 4) is 0 Å². The van der Waals surface area contributed by atoms with Gasteiger partial charge in [-0.25, -0.2) is 4.98 Å². The van der Waals surface area contributed by atoms with Crippen molar-refractivity contribution >= 4 is 11.6 Å². The second-order valence-electron chi connectivity index (χ2n) is 8.91. The molecule has 0 radical (unpaired) electrons. The molecule has 1 fully saturated rings. The van der Waals surface area contributed by atoms with Crippen molar-refractivity contribution in [1.29, 1.82) is 0 Å². The molecule has 0 amide bonds. The van der Waals surface area contributed by atoms with Crippen molar-refractivity contribution in [3.63, 3.8) is 0 Å². The van der Waals surface area contributed by atoms with E-state index in [1.54, 1.807) is 0 Å². The molecule has 1 aliphatic heterocycles. The summed E-state index contributed by atoms with van der Waals surface area (Å²) >= 11 is 0. The standard InChI is InChI=1S/C24H34N4O/c1-6-20-19(5)25-24-27(22-13-9-11-16(2)18(22)4)14-26(15-28(24)23(20)29)21-12-8-7-10-17(21)3/h9,11,13,17,21H,6-8,10,12,14-15H2,1-5H3. The van der Waals surface area contributed by atoms with Gasteiger partial charge in [-0.05, 0) is 63.1 Å². The van der Waals surface area contributed by atoms with Crippen LogP contribution in [0.15, 0.2) is 23.0 Å². The number of hydrogen-bond acceptors (Lipinski definition) is 4. The number of aromatic nitrogens is 2. The first-order valence-electron chi connectivity index (χ1n) is 11.1. The highest BCUT2D eigenvalue weighted by atomic mass is 16.1. The molecular weight excluding hydrogens is 360 g/mol. The Morgan fingerprint density at radius 3 is 2.59 bits per heavy atom. The quantitative estimate of drug-likeness (QED) is 0.758. The van der Waals surface area contributed by atoms with Crippen molar-refractivity contribution in [2.75, 3.05) is 11.6 Å². The van der Waals surface area contributed by atoms with Gasteiger partial charge in [0.25, 0.3) is 5.56 Å². The van der Waals surface area contributed by atoms with Gasteiger partial charge in [0.05, 0.1) is 13.3 Å². The molecule has 5 nitrogen and oxygen atoms in total. The van der Waals surface area contributed by atoms with Crippen LogP contribution < -0.4 is 10.5 Å². The molecule has 4 rings (SSSR count). The van der Waals surface area contributed by atoms with E-state index in [9.17, 15) is 4.79 Å². The molecule has 0 saturated heterocycles. The van der Waals surface area contributed by atoms with Crippen LogP contribution in [0, 0.1) is 26.7 Å². The molecule has 2 atom stereocenters. The van der Waals surface area contributed by atoms with Gasteiger partial charge >= 0.3 is 0 Å². The van der Waals surface area contributed by atoms with Crippen LogP contribution >= 0.6 is 0 Å². The maximum atomic E-state index is 13.4. The van der Waals surface area contributed by atoms with Crippen LogP contribution in [0.2, 0.25) is 0 Å². The Balaban J connectivity index is 1.86. The third kappa shape index (κ3) is 3.50. The number of rotatable bonds is 3. The summed E-state index contributed by atoms with van der Waals surface area (Å²) in [4.78, 5) is 23.1. The van der Waals surface area contributed by atoms with Crippen molar-refractivity contribution in [3.05, 3.63) is 50.9 Å². The summed E-state index contributed by atoms with van der Waals surface area (Å²) in [5, 5.41) is 0. The molecule has 2 unspecified atom stereocenters. The molecule has 2 aromatic rings. The smallest absolute Gasteiger partial charge is 0.259 e. The lowest BCUT2D eigenvalue weighted by Crippen LogP contribution is -2.53. The molecule has 0 N–H and O–H groups in total. The first kappa shape index (κ1) is 20.1. The Bertz CT molecular complexity index is 964. The number of aryl methyl sites for hydroxylation is 2. The molecule has 2 heterocycles. The first-order valence-corrected chi connectivity index (χ1v) is 11.1. The van der Waals surface area contributed by atoms with Gasteiger partial charge in [-0.1, -0.05) is 38.8 Å². The van der Waals surface area contributed by atoms with Crippen molar-refractivity contribution < 1.29 is 0 Å². The van der Waals surface area contributed by atoms with Crippen LogP contribution in [0.3, 0.4) is 0 Å². The summed E-state index contributed by atoms with van der Waals surface area (Å²) in [7, 11) is 0. The maximum Gasteiger partial charge on any atom is 0.259 e. The summed E-state index contributed by atoms with van der Waals surface area (Å²) < 4.78 is 1.92. The van der Waals surface area contributed by atoms with E-state index < -0.39 is 0 Å². The molecule has 0 bridgehead atoms. The molecule has 2 aliphatic rings. The minimum absolute atomic E-state index is 0.124. The minimum Gasteiger partial charge on any atom is -0.298 e. The van der Waals surface area contributed by atoms with Gasteiger partial charge in [0.1, 0.15) is 0 Å². The highest BCUT2D eigenvalue weighted by Crippen LogP contribution is 2.35. The number of hydrogen-bond donors (Lipinski definition) is 0. The van der Waals surface area contributed by atoms with Gasteiger partial charge in [-0.3, -0.25) is 19.2 Å². The molecule has 1 aromatic heterocycles. The second kappa shape index (κ2) is 7.94. The lowest BCUT2D eigenvalue weighted by molar-refractivity contribution is 0.0723. The van der Waals surface area contributed by atoms with E-state index in [0.717, 1.165) is 36.0 Å². The number of nitrogens with zero attached hydrogens (tertiary/aromatic N) is 4. The fraction of sp³-hybridized carbons (Fsp3) is 0.583. The van der Waals surface area contributed by atoms with Gasteiger partial charge < -0.3 is 0 Å². The Morgan fingerprint density at radius 2 is 1.86 bits per heavy atom. The third-order valence-electron chi connectivity index (χ3n) is 7.09. The Labute approximate surface area is 174 Å². The normalized spacial score (nSPS) is 22.6. The predicted octanol–water partition coefficient (Wildman–Crippen LogP) is 4.68. The predicted molar refractivity (Wildman–Crippen MR) is 119 cm³/mol. The Morgan fingerprint density at radius 1 is 1.10 bits per heavy atom. The molecule has 29 heavy (non-hydrogen) atoms. The van der Waals surface area contributed by atoms with Crippen LogP contribution in [0.5, 0.6) is 0 Å². The number of fused-ring (bicyclic) bond motifs is 1. The third-order valence-corrected chi connectivity index (χ3v) is 7.09. The molecule has 1 saturated carbocycles. The molecular formula is C24H34N4O. The van der Waals surface area contributed by atoms with E-state index in [4.69, 9.17) is 4.98 Å². The van der Waals surface area contributed by atoms with Crippen LogP contribution in [0.4, 0.5) is 11.6 Å². The van der Waals surface area contributed by atoms with Gasteiger partial charge in [0.2, 0.25) is 5.95 Å². The van der Waals surface area contributed by atoms with Crippen LogP contribution in [-0.4, -0.2) is 27.2 Å². The fourth-order valence-electron chi connectivity index (χ4n) is 5.16. The zero-order valence-electron chi connectivity index (χ0n) is 18.5. The van der Waals surface area contributed by atoms with Gasteiger partial charge in [-0.2, -0.15) is 0 Å². The van der Waals surface area contributed by atoms with Gasteiger partial charge in [-0.15, -0.1) is 0 Å². The van der Waals surface area contributed by atoms with E-state index in [-0.39, 0.29) is 5.56 Å². The van der Waals surface area contributed by atoms with E-state index in [1.807, 2.05) is 18.4 Å². The lowest BCUT2D eigenvalue weighted by Gasteiger charge is -2.45. The lowest BCUT2D eigenvalue weighted by atomic mass is 9.85. The fourth-order valence-corrected chi connectivity index (χ4v) is 5.16. The Kier molecular flexibility index (Phi) is 5.52. The molecule has 5 heteroatoms. The molecule has 0 spiro atoms. The van der Waals surface area contributed by atoms with Gasteiger partial charge in [0.15, 0.2) is 0 Å². The minimum atomic E-state index is 0.124.